The molecule has 124 valence electrons. The second-order valence-corrected chi connectivity index (χ2v) is 7.10. The van der Waals surface area contributed by atoms with Crippen molar-refractivity contribution in [3.05, 3.63) is 66.0 Å². The summed E-state index contributed by atoms with van der Waals surface area (Å²) < 4.78 is 27.9. The molecular weight excluding hydrogens is 318 g/mol. The largest absolute Gasteiger partial charge is 0.308 e. The molecule has 3 nitrogen and oxygen atoms in total. The van der Waals surface area contributed by atoms with Gasteiger partial charge in [-0.15, -0.1) is 0 Å². The van der Waals surface area contributed by atoms with Crippen molar-refractivity contribution >= 4 is 49.1 Å². The molecule has 3 heterocycles. The number of aromatic nitrogens is 3. The third-order valence-corrected chi connectivity index (χ3v) is 5.60. The summed E-state index contributed by atoms with van der Waals surface area (Å²) in [6.45, 7) is 0.00193. The van der Waals surface area contributed by atoms with Gasteiger partial charge in [-0.1, -0.05) is 23.8 Å². The van der Waals surface area contributed by atoms with E-state index in [4.69, 9.17) is 4.11 Å². The minimum absolute atomic E-state index is 0.366. The van der Waals surface area contributed by atoms with Crippen LogP contribution >= 0.6 is 0 Å². The maximum absolute atomic E-state index is 7.84. The Bertz CT molecular complexity index is 1590. The highest BCUT2D eigenvalue weighted by atomic mass is 15.0. The third-order valence-electron chi connectivity index (χ3n) is 5.60. The van der Waals surface area contributed by atoms with Crippen LogP contribution in [0.3, 0.4) is 0 Å². The van der Waals surface area contributed by atoms with E-state index in [9.17, 15) is 0 Å². The highest BCUT2D eigenvalue weighted by Crippen LogP contribution is 2.40. The van der Waals surface area contributed by atoms with E-state index >= 15 is 0 Å². The van der Waals surface area contributed by atoms with E-state index in [2.05, 4.69) is 45.1 Å². The van der Waals surface area contributed by atoms with Crippen molar-refractivity contribution in [3.63, 3.8) is 0 Å². The maximum atomic E-state index is 7.84. The molecule has 0 aliphatic heterocycles. The van der Waals surface area contributed by atoms with Crippen LogP contribution in [-0.4, -0.2) is 9.38 Å². The Hall–Kier alpha value is -3.20. The van der Waals surface area contributed by atoms with Gasteiger partial charge in [-0.05, 0) is 54.7 Å². The van der Waals surface area contributed by atoms with Gasteiger partial charge in [0.2, 0.25) is 0 Å². The molecule has 0 spiro atoms. The van der Waals surface area contributed by atoms with Crippen molar-refractivity contribution in [1.82, 2.24) is 9.38 Å². The summed E-state index contributed by atoms with van der Waals surface area (Å²) in [6.07, 6.45) is 1.87. The van der Waals surface area contributed by atoms with Gasteiger partial charge in [-0.2, -0.15) is 0 Å². The SMILES string of the molecule is [2H]C([2H])([2H])c1ccc2c(c1)c1ccc3nc[n+](C)c4c5c(C)cccc5n2c1c34. The van der Waals surface area contributed by atoms with Crippen molar-refractivity contribution in [3.8, 4) is 0 Å². The van der Waals surface area contributed by atoms with Gasteiger partial charge in [-0.3, -0.25) is 0 Å². The molecule has 3 heteroatoms. The van der Waals surface area contributed by atoms with E-state index in [0.29, 0.717) is 5.56 Å². The average Bonchev–Trinajstić information content (AvgIpc) is 3.02. The monoisotopic (exact) mass is 339 g/mol. The summed E-state index contributed by atoms with van der Waals surface area (Å²) >= 11 is 0. The molecule has 0 fully saturated rings. The number of fused-ring (bicyclic) bond motifs is 6. The number of rotatable bonds is 0. The van der Waals surface area contributed by atoms with Crippen LogP contribution in [0.5, 0.6) is 0 Å². The lowest BCUT2D eigenvalue weighted by Crippen LogP contribution is -2.30. The summed E-state index contributed by atoms with van der Waals surface area (Å²) in [5.41, 5.74) is 6.90. The van der Waals surface area contributed by atoms with Crippen LogP contribution < -0.4 is 4.57 Å². The number of hydrogen-bond donors (Lipinski definition) is 0. The molecule has 26 heavy (non-hydrogen) atoms. The van der Waals surface area contributed by atoms with Crippen LogP contribution in [0.15, 0.2) is 54.9 Å². The predicted molar refractivity (Wildman–Crippen MR) is 107 cm³/mol. The summed E-state index contributed by atoms with van der Waals surface area (Å²) in [6, 6.07) is 15.9. The number of pyridine rings is 1. The lowest BCUT2D eigenvalue weighted by atomic mass is 10.0. The zero-order valence-corrected chi connectivity index (χ0v) is 14.5. The first kappa shape index (κ1) is 11.4. The molecule has 3 aromatic carbocycles. The number of benzene rings is 3. The third kappa shape index (κ3) is 1.50. The summed E-state index contributed by atoms with van der Waals surface area (Å²) in [4.78, 5) is 4.66. The molecule has 0 saturated carbocycles. The van der Waals surface area contributed by atoms with Gasteiger partial charge in [0.15, 0.2) is 5.52 Å². The zero-order chi connectivity index (χ0) is 20.1. The van der Waals surface area contributed by atoms with Crippen LogP contribution in [0.2, 0.25) is 0 Å². The lowest BCUT2D eigenvalue weighted by Gasteiger charge is -2.12. The zero-order valence-electron chi connectivity index (χ0n) is 17.5. The summed E-state index contributed by atoms with van der Waals surface area (Å²) in [5, 5.41) is 4.32. The van der Waals surface area contributed by atoms with Gasteiger partial charge in [0.05, 0.1) is 29.0 Å². The summed E-state index contributed by atoms with van der Waals surface area (Å²) in [7, 11) is 2.03. The quantitative estimate of drug-likeness (QED) is 0.221. The molecule has 0 radical (unpaired) electrons. The van der Waals surface area contributed by atoms with E-state index in [1.165, 1.54) is 10.9 Å². The summed E-state index contributed by atoms with van der Waals surface area (Å²) in [5.74, 6) is 0. The lowest BCUT2D eigenvalue weighted by molar-refractivity contribution is -0.646. The molecule has 0 atom stereocenters. The van der Waals surface area contributed by atoms with Crippen LogP contribution in [0.25, 0.3) is 49.1 Å². The Kier molecular flexibility index (Phi) is 1.98. The smallest absolute Gasteiger partial charge is 0.287 e. The van der Waals surface area contributed by atoms with Gasteiger partial charge in [-0.25, -0.2) is 4.57 Å². The van der Waals surface area contributed by atoms with Crippen LogP contribution in [0.1, 0.15) is 15.2 Å². The normalized spacial score (nSPS) is 14.6. The Morgan fingerprint density at radius 1 is 1.00 bits per heavy atom. The van der Waals surface area contributed by atoms with Crippen LogP contribution in [0, 0.1) is 13.8 Å². The Balaban J connectivity index is 2.02. The van der Waals surface area contributed by atoms with E-state index in [0.717, 1.165) is 43.7 Å². The molecule has 0 unspecified atom stereocenters. The molecule has 3 aromatic heterocycles. The van der Waals surface area contributed by atoms with Crippen LogP contribution in [0.4, 0.5) is 0 Å². The van der Waals surface area contributed by atoms with Crippen molar-refractivity contribution in [2.45, 2.75) is 13.8 Å². The number of nitrogens with zero attached hydrogens (tertiary/aromatic N) is 3. The van der Waals surface area contributed by atoms with Crippen molar-refractivity contribution in [1.29, 1.82) is 0 Å². The van der Waals surface area contributed by atoms with E-state index < -0.39 is 6.85 Å². The minimum Gasteiger partial charge on any atom is -0.308 e. The predicted octanol–water partition coefficient (Wildman–Crippen LogP) is 4.83. The molecule has 0 saturated heterocycles. The minimum atomic E-state index is -2.13. The molecule has 6 rings (SSSR count). The molecular formula is C23H18N3+. The first-order chi connectivity index (χ1) is 13.9. The van der Waals surface area contributed by atoms with Crippen molar-refractivity contribution in [2.24, 2.45) is 7.05 Å². The van der Waals surface area contributed by atoms with Gasteiger partial charge in [0, 0.05) is 20.3 Å². The fourth-order valence-corrected chi connectivity index (χ4v) is 4.52. The Labute approximate surface area is 154 Å². The van der Waals surface area contributed by atoms with Gasteiger partial charge < -0.3 is 4.40 Å². The van der Waals surface area contributed by atoms with E-state index in [1.807, 2.05) is 31.6 Å². The molecule has 0 aliphatic carbocycles. The average molecular weight is 339 g/mol. The first-order valence-electron chi connectivity index (χ1n) is 10.2. The van der Waals surface area contributed by atoms with Gasteiger partial charge in [0.25, 0.3) is 6.33 Å². The van der Waals surface area contributed by atoms with Gasteiger partial charge >= 0.3 is 0 Å². The molecule has 0 N–H and O–H groups in total. The van der Waals surface area contributed by atoms with Crippen molar-refractivity contribution in [2.75, 3.05) is 0 Å². The van der Waals surface area contributed by atoms with Crippen LogP contribution in [-0.2, 0) is 7.05 Å². The second-order valence-electron chi connectivity index (χ2n) is 7.10. The molecule has 0 bridgehead atoms. The second kappa shape index (κ2) is 4.50. The fourth-order valence-electron chi connectivity index (χ4n) is 4.52. The fraction of sp³-hybridized carbons (Fsp3) is 0.130. The molecule has 6 aromatic rings. The van der Waals surface area contributed by atoms with E-state index in [1.54, 1.807) is 6.07 Å². The molecule has 0 amide bonds. The van der Waals surface area contributed by atoms with E-state index in [-0.39, 0.29) is 0 Å². The highest BCUT2D eigenvalue weighted by Gasteiger charge is 2.23. The van der Waals surface area contributed by atoms with Gasteiger partial charge in [0.1, 0.15) is 5.52 Å². The Morgan fingerprint density at radius 3 is 2.81 bits per heavy atom. The standard InChI is InChI=1S/C23H18N3/c1-13-7-10-18-16(11-13)15-8-9-17-21-22(15)26(18)19-6-4-5-14(2)20(19)23(21)25(3)12-24-17/h4-12H,1-3H3/q+1/i1D3. The first-order valence-corrected chi connectivity index (χ1v) is 8.72. The number of aryl methyl sites for hydroxylation is 3. The Morgan fingerprint density at radius 2 is 1.92 bits per heavy atom. The number of hydrogen-bond acceptors (Lipinski definition) is 1. The van der Waals surface area contributed by atoms with Crippen molar-refractivity contribution < 1.29 is 8.68 Å². The molecule has 0 aliphatic rings. The highest BCUT2D eigenvalue weighted by molar-refractivity contribution is 6.26. The topological polar surface area (TPSA) is 21.2 Å². The maximum Gasteiger partial charge on any atom is 0.287 e.